The Balaban J connectivity index is 1.56. The van der Waals surface area contributed by atoms with E-state index in [9.17, 15) is 4.79 Å². The maximum Gasteiger partial charge on any atom is 0.266 e. The molecule has 1 heterocycles. The molecule has 11 heteroatoms. The Morgan fingerprint density at radius 2 is 1.88 bits per heavy atom. The number of benzene rings is 3. The third-order valence-electron chi connectivity index (χ3n) is 6.86. The minimum absolute atomic E-state index is 0.0653. The fourth-order valence-corrected chi connectivity index (χ4v) is 4.80. The number of nitrogens with zero attached hydrogens (tertiary/aromatic N) is 4. The van der Waals surface area contributed by atoms with Gasteiger partial charge in [0.1, 0.15) is 11.9 Å². The van der Waals surface area contributed by atoms with Gasteiger partial charge in [0.2, 0.25) is 5.90 Å². The molecule has 41 heavy (non-hydrogen) atoms. The fraction of sp³-hybridized carbons (Fsp3) is 0.333. The first-order valence-electron chi connectivity index (χ1n) is 13.4. The lowest BCUT2D eigenvalue weighted by Crippen LogP contribution is -2.56. The summed E-state index contributed by atoms with van der Waals surface area (Å²) in [7, 11) is 0. The van der Waals surface area contributed by atoms with Gasteiger partial charge in [-0.1, -0.05) is 57.4 Å². The quantitative estimate of drug-likeness (QED) is 0.0762. The molecule has 0 aromatic heterocycles. The van der Waals surface area contributed by atoms with E-state index in [2.05, 4.69) is 36.8 Å². The lowest BCUT2D eigenvalue weighted by atomic mass is 9.84. The van der Waals surface area contributed by atoms with Crippen molar-refractivity contribution in [2.45, 2.75) is 44.4 Å². The van der Waals surface area contributed by atoms with E-state index in [4.69, 9.17) is 25.1 Å². The molecule has 0 spiro atoms. The van der Waals surface area contributed by atoms with Crippen LogP contribution >= 0.6 is 15.9 Å². The van der Waals surface area contributed by atoms with Crippen LogP contribution in [0.2, 0.25) is 0 Å². The molecule has 0 saturated carbocycles. The van der Waals surface area contributed by atoms with Crippen LogP contribution in [0.5, 0.6) is 5.75 Å². The van der Waals surface area contributed by atoms with Crippen LogP contribution in [0, 0.1) is 0 Å². The highest BCUT2D eigenvalue weighted by atomic mass is 79.9. The Labute approximate surface area is 247 Å². The number of nitrogens with one attached hydrogen (secondary N) is 2. The third kappa shape index (κ3) is 7.86. The Morgan fingerprint density at radius 3 is 2.59 bits per heavy atom. The first-order chi connectivity index (χ1) is 19.9. The minimum atomic E-state index is -1.28. The molecule has 0 radical (unpaired) electrons. The summed E-state index contributed by atoms with van der Waals surface area (Å²) in [5.41, 5.74) is 17.0. The van der Waals surface area contributed by atoms with Crippen LogP contribution in [0.3, 0.4) is 0 Å². The normalized spacial score (nSPS) is 17.7. The van der Waals surface area contributed by atoms with Crippen molar-refractivity contribution in [1.82, 2.24) is 10.9 Å². The summed E-state index contributed by atoms with van der Waals surface area (Å²) >= 11 is 3.44. The number of hydrazine groups is 1. The van der Waals surface area contributed by atoms with Crippen molar-refractivity contribution in [2.24, 2.45) is 10.1 Å². The molecular formula is C30H33BrN6O4. The van der Waals surface area contributed by atoms with Crippen LogP contribution in [0.15, 0.2) is 87.4 Å². The van der Waals surface area contributed by atoms with Gasteiger partial charge < -0.3 is 14.6 Å². The van der Waals surface area contributed by atoms with E-state index in [0.717, 1.165) is 27.6 Å². The zero-order chi connectivity index (χ0) is 29.1. The first kappa shape index (κ1) is 30.1. The average Bonchev–Trinajstić information content (AvgIpc) is 3.32. The zero-order valence-corrected chi connectivity index (χ0v) is 24.4. The highest BCUT2D eigenvalue weighted by Gasteiger charge is 2.50. The lowest BCUT2D eigenvalue weighted by molar-refractivity contribution is -0.129. The fourth-order valence-electron chi connectivity index (χ4n) is 4.53. The van der Waals surface area contributed by atoms with Gasteiger partial charge in [0.05, 0.1) is 13.2 Å². The maximum atomic E-state index is 13.9. The number of ether oxygens (including phenoxy) is 2. The van der Waals surface area contributed by atoms with Gasteiger partial charge in [0.15, 0.2) is 5.54 Å². The topological polar surface area (TPSA) is 141 Å². The van der Waals surface area contributed by atoms with Crippen molar-refractivity contribution in [3.63, 3.8) is 0 Å². The van der Waals surface area contributed by atoms with Gasteiger partial charge in [-0.25, -0.2) is 10.4 Å². The van der Waals surface area contributed by atoms with Crippen LogP contribution in [-0.2, 0) is 28.9 Å². The summed E-state index contributed by atoms with van der Waals surface area (Å²) < 4.78 is 12.8. The number of carbonyl (C=O) groups is 1. The summed E-state index contributed by atoms with van der Waals surface area (Å²) in [6, 6.07) is 22.9. The number of rotatable bonds is 14. The molecule has 3 aromatic carbocycles. The number of hydrogen-bond acceptors (Lipinski definition) is 7. The second-order valence-corrected chi connectivity index (χ2v) is 10.6. The van der Waals surface area contributed by atoms with Gasteiger partial charge in [0, 0.05) is 40.9 Å². The van der Waals surface area contributed by atoms with Crippen molar-refractivity contribution in [2.75, 3.05) is 19.8 Å². The van der Waals surface area contributed by atoms with Crippen LogP contribution in [0.4, 0.5) is 0 Å². The largest absolute Gasteiger partial charge is 0.494 e. The molecule has 0 unspecified atom stereocenters. The second kappa shape index (κ2) is 14.7. The van der Waals surface area contributed by atoms with Crippen molar-refractivity contribution in [1.29, 1.82) is 0 Å². The second-order valence-electron chi connectivity index (χ2n) is 9.64. The lowest BCUT2D eigenvalue weighted by Gasteiger charge is -2.29. The molecule has 0 saturated heterocycles. The Morgan fingerprint density at radius 1 is 1.15 bits per heavy atom. The van der Waals surface area contributed by atoms with Crippen molar-refractivity contribution >= 4 is 27.7 Å². The Bertz CT molecular complexity index is 1390. The van der Waals surface area contributed by atoms with E-state index in [1.54, 1.807) is 0 Å². The van der Waals surface area contributed by atoms with Crippen molar-refractivity contribution in [3.05, 3.63) is 110 Å². The number of hydrogen-bond donors (Lipinski definition) is 3. The number of azide groups is 1. The molecule has 1 aliphatic heterocycles. The highest BCUT2D eigenvalue weighted by molar-refractivity contribution is 9.10. The first-order valence-corrected chi connectivity index (χ1v) is 14.2. The summed E-state index contributed by atoms with van der Waals surface area (Å²) in [5, 5.41) is 12.7. The van der Waals surface area contributed by atoms with Gasteiger partial charge in [-0.15, -0.1) is 0 Å². The zero-order valence-electron chi connectivity index (χ0n) is 22.8. The van der Waals surface area contributed by atoms with Gasteiger partial charge >= 0.3 is 0 Å². The van der Waals surface area contributed by atoms with E-state index in [1.807, 2.05) is 79.7 Å². The van der Waals surface area contributed by atoms with E-state index in [1.165, 1.54) is 0 Å². The van der Waals surface area contributed by atoms with Gasteiger partial charge in [0.25, 0.3) is 5.91 Å². The summed E-state index contributed by atoms with van der Waals surface area (Å²) in [6.07, 6.45) is 0.935. The Kier molecular flexibility index (Phi) is 10.8. The average molecular weight is 622 g/mol. The standard InChI is InChI=1S/C30H33BrN6O4/c1-21-30(19-24-5-2-3-6-25(24)20-34-37-32,29(39)36-33-16-15-22-7-11-26(31)12-8-22)35-28(41-21)23-9-13-27(14-10-23)40-18-4-17-38/h2-3,5-14,21,33,38H,4,15-20H2,1H3,(H,36,39)/t21-,30-/m0/s1. The minimum Gasteiger partial charge on any atom is -0.494 e. The monoisotopic (exact) mass is 620 g/mol. The third-order valence-corrected chi connectivity index (χ3v) is 7.39. The number of aliphatic imine (C=N–C) groups is 1. The summed E-state index contributed by atoms with van der Waals surface area (Å²) in [5.74, 6) is 0.704. The SMILES string of the molecule is C[C@@H]1OC(c2ccc(OCCCO)cc2)=N[C@]1(Cc1ccccc1CN=[N+]=[N-])C(=O)NNCCc1ccc(Br)cc1. The van der Waals surface area contributed by atoms with Crippen molar-refractivity contribution in [3.8, 4) is 5.75 Å². The van der Waals surface area contributed by atoms with Gasteiger partial charge in [-0.05, 0) is 72.0 Å². The summed E-state index contributed by atoms with van der Waals surface area (Å²) in [4.78, 5) is 21.6. The molecule has 1 amide bonds. The molecule has 0 aliphatic carbocycles. The van der Waals surface area contributed by atoms with Crippen LogP contribution in [0.25, 0.3) is 10.4 Å². The highest BCUT2D eigenvalue weighted by Crippen LogP contribution is 2.33. The van der Waals surface area contributed by atoms with E-state index >= 15 is 0 Å². The van der Waals surface area contributed by atoms with Gasteiger partial charge in [-0.3, -0.25) is 10.2 Å². The molecule has 3 aromatic rings. The molecule has 0 bridgehead atoms. The summed E-state index contributed by atoms with van der Waals surface area (Å²) in [6.45, 7) is 3.01. The number of carbonyl (C=O) groups excluding carboxylic acids is 1. The molecule has 3 N–H and O–H groups in total. The Hall–Kier alpha value is -3.89. The maximum absolute atomic E-state index is 13.9. The number of aliphatic hydroxyl groups is 1. The molecule has 1 aliphatic rings. The number of halogens is 1. The smallest absolute Gasteiger partial charge is 0.266 e. The molecule has 214 valence electrons. The van der Waals surface area contributed by atoms with Gasteiger partial charge in [-0.2, -0.15) is 0 Å². The number of aliphatic hydroxyl groups excluding tert-OH is 1. The number of amides is 1. The van der Waals surface area contributed by atoms with Crippen LogP contribution < -0.4 is 15.6 Å². The van der Waals surface area contributed by atoms with Crippen LogP contribution in [-0.4, -0.2) is 48.3 Å². The molecule has 10 nitrogen and oxygen atoms in total. The van der Waals surface area contributed by atoms with E-state index in [-0.39, 0.29) is 25.5 Å². The predicted octanol–water partition coefficient (Wildman–Crippen LogP) is 5.03. The molecular weight excluding hydrogens is 588 g/mol. The molecule has 4 rings (SSSR count). The van der Waals surface area contributed by atoms with E-state index < -0.39 is 11.6 Å². The molecule has 2 atom stereocenters. The predicted molar refractivity (Wildman–Crippen MR) is 160 cm³/mol. The van der Waals surface area contributed by atoms with Crippen molar-refractivity contribution < 1.29 is 19.4 Å². The molecule has 0 fully saturated rings. The van der Waals surface area contributed by atoms with Crippen LogP contribution in [0.1, 0.15) is 35.6 Å². The van der Waals surface area contributed by atoms with E-state index in [0.29, 0.717) is 36.8 Å².